The number of likely N-dealkylation sites (N-methyl/N-ethyl adjacent to an activating group) is 1. The summed E-state index contributed by atoms with van der Waals surface area (Å²) in [7, 11) is 4.00. The maximum absolute atomic E-state index is 13.0. The van der Waals surface area contributed by atoms with E-state index in [1.807, 2.05) is 84.8 Å². The number of nitrogens with zero attached hydrogens (tertiary/aromatic N) is 3. The second-order valence-electron chi connectivity index (χ2n) is 9.87. The van der Waals surface area contributed by atoms with Crippen LogP contribution in [0.3, 0.4) is 0 Å². The van der Waals surface area contributed by atoms with Crippen molar-refractivity contribution >= 4 is 12.0 Å². The summed E-state index contributed by atoms with van der Waals surface area (Å²) in [5, 5.41) is 0. The highest BCUT2D eigenvalue weighted by atomic mass is 16.6. The van der Waals surface area contributed by atoms with Gasteiger partial charge >= 0.3 is 6.09 Å². The number of carbonyl (C=O) groups excluding carboxylic acids is 2. The Balaban J connectivity index is 2.32. The number of hydrogen-bond acceptors (Lipinski definition) is 5. The fourth-order valence-electron chi connectivity index (χ4n) is 3.58. The molecule has 1 aliphatic rings. The molecule has 0 bridgehead atoms. The second kappa shape index (κ2) is 10.4. The number of hydrogen-bond donors (Lipinski definition) is 0. The van der Waals surface area contributed by atoms with E-state index in [0.717, 1.165) is 17.9 Å². The van der Waals surface area contributed by atoms with E-state index >= 15 is 0 Å². The van der Waals surface area contributed by atoms with Crippen LogP contribution in [-0.4, -0.2) is 78.7 Å². The van der Waals surface area contributed by atoms with E-state index in [2.05, 4.69) is 4.90 Å². The standard InChI is InChI=1S/C24H39N3O4/c1-17(2)22(28)26-16-21(27(15-18(26)3)23(29)31-24(4,5)6)19-10-9-11-20(14-19)30-13-12-25(7)8/h9-11,14,17-18,21H,12-13,15-16H2,1-8H3/t18-,21-/m1/s1. The average Bonchev–Trinajstić information content (AvgIpc) is 2.65. The van der Waals surface area contributed by atoms with E-state index in [0.29, 0.717) is 19.7 Å². The molecule has 7 nitrogen and oxygen atoms in total. The summed E-state index contributed by atoms with van der Waals surface area (Å²) in [6.45, 7) is 13.6. The van der Waals surface area contributed by atoms with Crippen LogP contribution in [0.4, 0.5) is 4.79 Å². The van der Waals surface area contributed by atoms with Crippen LogP contribution >= 0.6 is 0 Å². The van der Waals surface area contributed by atoms with Crippen molar-refractivity contribution in [1.29, 1.82) is 0 Å². The van der Waals surface area contributed by atoms with Gasteiger partial charge in [-0.3, -0.25) is 9.69 Å². The summed E-state index contributed by atoms with van der Waals surface area (Å²) in [5.74, 6) is 0.750. The van der Waals surface area contributed by atoms with Crippen LogP contribution < -0.4 is 4.74 Å². The van der Waals surface area contributed by atoms with Crippen molar-refractivity contribution in [2.24, 2.45) is 5.92 Å². The Morgan fingerprint density at radius 3 is 2.42 bits per heavy atom. The maximum Gasteiger partial charge on any atom is 0.410 e. The van der Waals surface area contributed by atoms with Crippen molar-refractivity contribution in [3.8, 4) is 5.75 Å². The lowest BCUT2D eigenvalue weighted by Gasteiger charge is -2.46. The zero-order valence-corrected chi connectivity index (χ0v) is 20.3. The molecule has 1 aromatic rings. The van der Waals surface area contributed by atoms with E-state index in [1.54, 1.807) is 4.90 Å². The first kappa shape index (κ1) is 25.0. The summed E-state index contributed by atoms with van der Waals surface area (Å²) >= 11 is 0. The Labute approximate surface area is 187 Å². The molecule has 1 aliphatic heterocycles. The van der Waals surface area contributed by atoms with Crippen LogP contribution in [0.2, 0.25) is 0 Å². The minimum atomic E-state index is -0.590. The van der Waals surface area contributed by atoms with Crippen molar-refractivity contribution < 1.29 is 19.1 Å². The molecule has 2 amide bonds. The van der Waals surface area contributed by atoms with Gasteiger partial charge in [-0.2, -0.15) is 0 Å². The van der Waals surface area contributed by atoms with Crippen LogP contribution in [0, 0.1) is 5.92 Å². The van der Waals surface area contributed by atoms with Crippen LogP contribution in [0.15, 0.2) is 24.3 Å². The highest BCUT2D eigenvalue weighted by molar-refractivity contribution is 5.79. The van der Waals surface area contributed by atoms with Crippen molar-refractivity contribution in [2.45, 2.75) is 59.2 Å². The van der Waals surface area contributed by atoms with Crippen LogP contribution in [0.25, 0.3) is 0 Å². The Morgan fingerprint density at radius 2 is 1.84 bits per heavy atom. The van der Waals surface area contributed by atoms with Crippen molar-refractivity contribution in [2.75, 3.05) is 40.3 Å². The first-order chi connectivity index (χ1) is 14.4. The van der Waals surface area contributed by atoms with Gasteiger partial charge in [-0.25, -0.2) is 4.79 Å². The van der Waals surface area contributed by atoms with Crippen molar-refractivity contribution in [1.82, 2.24) is 14.7 Å². The lowest BCUT2D eigenvalue weighted by Crippen LogP contribution is -2.58. The minimum absolute atomic E-state index is 0.0850. The van der Waals surface area contributed by atoms with Crippen LogP contribution in [-0.2, 0) is 9.53 Å². The predicted octanol–water partition coefficient (Wildman–Crippen LogP) is 3.79. The number of piperazine rings is 1. The molecule has 2 atom stereocenters. The van der Waals surface area contributed by atoms with Gasteiger partial charge in [0.2, 0.25) is 5.91 Å². The first-order valence-corrected chi connectivity index (χ1v) is 11.1. The molecule has 31 heavy (non-hydrogen) atoms. The smallest absolute Gasteiger partial charge is 0.410 e. The van der Waals surface area contributed by atoms with E-state index in [4.69, 9.17) is 9.47 Å². The van der Waals surface area contributed by atoms with E-state index in [-0.39, 0.29) is 30.0 Å². The Morgan fingerprint density at radius 1 is 1.16 bits per heavy atom. The molecule has 0 unspecified atom stereocenters. The molecule has 1 heterocycles. The number of rotatable bonds is 6. The molecule has 7 heteroatoms. The Kier molecular flexibility index (Phi) is 8.34. The molecule has 1 fully saturated rings. The third kappa shape index (κ3) is 7.13. The van der Waals surface area contributed by atoms with Gasteiger partial charge in [-0.15, -0.1) is 0 Å². The van der Waals surface area contributed by atoms with Crippen LogP contribution in [0.5, 0.6) is 5.75 Å². The number of carbonyl (C=O) groups is 2. The number of ether oxygens (including phenoxy) is 2. The molecular weight excluding hydrogens is 394 g/mol. The molecule has 0 saturated carbocycles. The quantitative estimate of drug-likeness (QED) is 0.683. The van der Waals surface area contributed by atoms with Gasteiger partial charge in [0.25, 0.3) is 0 Å². The number of benzene rings is 1. The topological polar surface area (TPSA) is 62.3 Å². The molecule has 0 aliphatic carbocycles. The zero-order valence-electron chi connectivity index (χ0n) is 20.3. The van der Waals surface area contributed by atoms with Gasteiger partial charge in [0.1, 0.15) is 18.0 Å². The maximum atomic E-state index is 13.0. The monoisotopic (exact) mass is 433 g/mol. The van der Waals surface area contributed by atoms with Gasteiger partial charge in [-0.05, 0) is 59.5 Å². The SMILES string of the molecule is CC(C)C(=O)N1C[C@H](c2cccc(OCCN(C)C)c2)N(C(=O)OC(C)(C)C)C[C@H]1C. The molecule has 0 spiro atoms. The lowest BCUT2D eigenvalue weighted by molar-refractivity contribution is -0.140. The summed E-state index contributed by atoms with van der Waals surface area (Å²) in [4.78, 5) is 31.6. The summed E-state index contributed by atoms with van der Waals surface area (Å²) in [6, 6.07) is 7.41. The molecular formula is C24H39N3O4. The first-order valence-electron chi connectivity index (χ1n) is 11.1. The fourth-order valence-corrected chi connectivity index (χ4v) is 3.58. The van der Waals surface area contributed by atoms with Crippen molar-refractivity contribution in [3.63, 3.8) is 0 Å². The highest BCUT2D eigenvalue weighted by Gasteiger charge is 2.39. The molecule has 0 aromatic heterocycles. The summed E-state index contributed by atoms with van der Waals surface area (Å²) in [6.07, 6.45) is -0.361. The molecule has 1 saturated heterocycles. The van der Waals surface area contributed by atoms with Gasteiger partial charge in [-0.1, -0.05) is 26.0 Å². The molecule has 0 radical (unpaired) electrons. The largest absolute Gasteiger partial charge is 0.492 e. The van der Waals surface area contributed by atoms with E-state index in [9.17, 15) is 9.59 Å². The van der Waals surface area contributed by atoms with Gasteiger partial charge in [0.15, 0.2) is 0 Å². The molecule has 1 aromatic carbocycles. The third-order valence-corrected chi connectivity index (χ3v) is 5.19. The molecule has 174 valence electrons. The average molecular weight is 434 g/mol. The normalized spacial score (nSPS) is 19.7. The predicted molar refractivity (Wildman–Crippen MR) is 122 cm³/mol. The molecule has 2 rings (SSSR count). The van der Waals surface area contributed by atoms with Crippen LogP contribution in [0.1, 0.15) is 53.1 Å². The zero-order chi connectivity index (χ0) is 23.3. The Hall–Kier alpha value is -2.28. The van der Waals surface area contributed by atoms with E-state index in [1.165, 1.54) is 0 Å². The summed E-state index contributed by atoms with van der Waals surface area (Å²) in [5.41, 5.74) is 0.342. The lowest BCUT2D eigenvalue weighted by atomic mass is 9.98. The second-order valence-corrected chi connectivity index (χ2v) is 9.87. The molecule has 0 N–H and O–H groups in total. The van der Waals surface area contributed by atoms with Gasteiger partial charge in [0.05, 0.1) is 6.04 Å². The minimum Gasteiger partial charge on any atom is -0.492 e. The summed E-state index contributed by atoms with van der Waals surface area (Å²) < 4.78 is 11.6. The van der Waals surface area contributed by atoms with E-state index < -0.39 is 5.60 Å². The number of amides is 2. The third-order valence-electron chi connectivity index (χ3n) is 5.19. The van der Waals surface area contributed by atoms with Crippen molar-refractivity contribution in [3.05, 3.63) is 29.8 Å². The Bertz CT molecular complexity index is 757. The fraction of sp³-hybridized carbons (Fsp3) is 0.667. The van der Waals surface area contributed by atoms with Gasteiger partial charge < -0.3 is 19.3 Å². The highest BCUT2D eigenvalue weighted by Crippen LogP contribution is 2.32. The van der Waals surface area contributed by atoms with Gasteiger partial charge in [0, 0.05) is 31.6 Å².